The average Bonchev–Trinajstić information content (AvgIpc) is 1.94. The minimum atomic E-state index is -3.79. The summed E-state index contributed by atoms with van der Waals surface area (Å²) in [5.41, 5.74) is 0. The third-order valence-electron chi connectivity index (χ3n) is 1.54. The van der Waals surface area contributed by atoms with Gasteiger partial charge in [-0.1, -0.05) is 19.3 Å². The summed E-state index contributed by atoms with van der Waals surface area (Å²) in [5, 5.41) is 0. The molecule has 0 rings (SSSR count). The molecule has 0 aromatic carbocycles. The van der Waals surface area contributed by atoms with Crippen molar-refractivity contribution in [1.82, 2.24) is 6.15 Å². The Balaban J connectivity index is 0. The molecular formula is C7H18FNO3S. The highest BCUT2D eigenvalue weighted by molar-refractivity contribution is 7.85. The fourth-order valence-corrected chi connectivity index (χ4v) is 1.48. The van der Waals surface area contributed by atoms with Gasteiger partial charge in [0.15, 0.2) is 0 Å². The first-order valence-electron chi connectivity index (χ1n) is 4.07. The van der Waals surface area contributed by atoms with Gasteiger partial charge in [-0.05, 0) is 12.8 Å². The zero-order valence-corrected chi connectivity index (χ0v) is 8.52. The van der Waals surface area contributed by atoms with Gasteiger partial charge in [-0.2, -0.15) is 8.42 Å². The molecule has 6 heteroatoms. The molecule has 13 heavy (non-hydrogen) atoms. The van der Waals surface area contributed by atoms with E-state index < -0.39 is 10.1 Å². The molecule has 0 aromatic rings. The van der Waals surface area contributed by atoms with Gasteiger partial charge in [0.05, 0.1) is 12.4 Å². The zero-order chi connectivity index (χ0) is 9.45. The third kappa shape index (κ3) is 14.6. The van der Waals surface area contributed by atoms with Gasteiger partial charge in [-0.15, -0.1) is 0 Å². The molecule has 0 saturated carbocycles. The second-order valence-electron chi connectivity index (χ2n) is 2.74. The predicted molar refractivity (Wildman–Crippen MR) is 50.5 cm³/mol. The Hall–Kier alpha value is -0.200. The van der Waals surface area contributed by atoms with Crippen LogP contribution in [0.4, 0.5) is 4.39 Å². The maximum Gasteiger partial charge on any atom is 0.264 e. The molecule has 0 saturated heterocycles. The van der Waals surface area contributed by atoms with Gasteiger partial charge >= 0.3 is 0 Å². The van der Waals surface area contributed by atoms with Crippen molar-refractivity contribution in [1.29, 1.82) is 0 Å². The van der Waals surface area contributed by atoms with Crippen LogP contribution < -0.4 is 6.15 Å². The Morgan fingerprint density at radius 3 is 1.92 bits per heavy atom. The van der Waals surface area contributed by atoms with Crippen LogP contribution in [0.15, 0.2) is 0 Å². The Bertz CT molecular complexity index is 194. The normalized spacial score (nSPS) is 10.9. The molecule has 0 aromatic heterocycles. The van der Waals surface area contributed by atoms with E-state index in [1.807, 2.05) is 0 Å². The highest BCUT2D eigenvalue weighted by atomic mass is 32.2. The van der Waals surface area contributed by atoms with Crippen molar-refractivity contribution < 1.29 is 17.4 Å². The summed E-state index contributed by atoms with van der Waals surface area (Å²) in [6.45, 7) is -0.307. The molecule has 4 nitrogen and oxygen atoms in total. The van der Waals surface area contributed by atoms with Crippen LogP contribution >= 0.6 is 0 Å². The molecule has 0 atom stereocenters. The van der Waals surface area contributed by atoms with Crippen LogP contribution in [0.5, 0.6) is 0 Å². The highest BCUT2D eigenvalue weighted by Gasteiger charge is 2.02. The van der Waals surface area contributed by atoms with E-state index in [2.05, 4.69) is 0 Å². The van der Waals surface area contributed by atoms with Crippen molar-refractivity contribution in [2.24, 2.45) is 0 Å². The Morgan fingerprint density at radius 1 is 1.00 bits per heavy atom. The first kappa shape index (κ1) is 15.3. The van der Waals surface area contributed by atoms with E-state index in [0.29, 0.717) is 12.8 Å². The lowest BCUT2D eigenvalue weighted by atomic mass is 10.2. The first-order valence-corrected chi connectivity index (χ1v) is 5.68. The van der Waals surface area contributed by atoms with Gasteiger partial charge in [0, 0.05) is 0 Å². The SMILES string of the molecule is N.O=S(=O)(O)CCCCCCCF. The molecule has 0 aliphatic rings. The van der Waals surface area contributed by atoms with E-state index in [-0.39, 0.29) is 18.6 Å². The molecule has 0 unspecified atom stereocenters. The topological polar surface area (TPSA) is 89.4 Å². The summed E-state index contributed by atoms with van der Waals surface area (Å²) in [5.74, 6) is -0.178. The van der Waals surface area contributed by atoms with Crippen molar-refractivity contribution in [2.45, 2.75) is 32.1 Å². The second-order valence-corrected chi connectivity index (χ2v) is 4.31. The Kier molecular flexibility index (Phi) is 9.87. The van der Waals surface area contributed by atoms with E-state index in [1.165, 1.54) is 0 Å². The average molecular weight is 215 g/mol. The summed E-state index contributed by atoms with van der Waals surface area (Å²) < 4.78 is 40.3. The molecular weight excluding hydrogens is 197 g/mol. The van der Waals surface area contributed by atoms with Crippen LogP contribution in [0, 0.1) is 0 Å². The first-order chi connectivity index (χ1) is 5.56. The molecule has 4 N–H and O–H groups in total. The van der Waals surface area contributed by atoms with Crippen molar-refractivity contribution in [3.63, 3.8) is 0 Å². The van der Waals surface area contributed by atoms with Crippen molar-refractivity contribution in [3.05, 3.63) is 0 Å². The summed E-state index contributed by atoms with van der Waals surface area (Å²) >= 11 is 0. The summed E-state index contributed by atoms with van der Waals surface area (Å²) in [7, 11) is -3.79. The Labute approximate surface area is 78.9 Å². The van der Waals surface area contributed by atoms with Gasteiger partial charge in [0.1, 0.15) is 0 Å². The lowest BCUT2D eigenvalue weighted by Crippen LogP contribution is -2.03. The van der Waals surface area contributed by atoms with Gasteiger partial charge < -0.3 is 6.15 Å². The van der Waals surface area contributed by atoms with Crippen LogP contribution in [-0.2, 0) is 10.1 Å². The molecule has 0 heterocycles. The quantitative estimate of drug-likeness (QED) is 0.501. The summed E-state index contributed by atoms with van der Waals surface area (Å²) in [6.07, 6.45) is 3.37. The largest absolute Gasteiger partial charge is 0.344 e. The van der Waals surface area contributed by atoms with Gasteiger partial charge in [-0.25, -0.2) is 0 Å². The highest BCUT2D eigenvalue weighted by Crippen LogP contribution is 2.04. The number of rotatable bonds is 7. The fraction of sp³-hybridized carbons (Fsp3) is 1.00. The van der Waals surface area contributed by atoms with Crippen LogP contribution in [0.2, 0.25) is 0 Å². The second kappa shape index (κ2) is 8.40. The zero-order valence-electron chi connectivity index (χ0n) is 7.71. The lowest BCUT2D eigenvalue weighted by Gasteiger charge is -1.97. The minimum Gasteiger partial charge on any atom is -0.344 e. The molecule has 0 amide bonds. The predicted octanol–water partition coefficient (Wildman–Crippen LogP) is 1.96. The van der Waals surface area contributed by atoms with E-state index in [0.717, 1.165) is 19.3 Å². The molecule has 0 bridgehead atoms. The number of hydrogen-bond acceptors (Lipinski definition) is 3. The Morgan fingerprint density at radius 2 is 1.46 bits per heavy atom. The van der Waals surface area contributed by atoms with Gasteiger partial charge in [0.25, 0.3) is 10.1 Å². The van der Waals surface area contributed by atoms with Crippen LogP contribution in [0.25, 0.3) is 0 Å². The standard InChI is InChI=1S/C7H15FO3S.H3N/c8-6-4-2-1-3-5-7-12(9,10)11;/h1-7H2,(H,9,10,11);1H3. The van der Waals surface area contributed by atoms with Crippen LogP contribution in [0.1, 0.15) is 32.1 Å². The molecule has 0 aliphatic heterocycles. The lowest BCUT2D eigenvalue weighted by molar-refractivity contribution is 0.450. The molecule has 0 aliphatic carbocycles. The van der Waals surface area contributed by atoms with E-state index in [1.54, 1.807) is 0 Å². The fourth-order valence-electron chi connectivity index (χ4n) is 0.909. The maximum atomic E-state index is 11.6. The summed E-state index contributed by atoms with van der Waals surface area (Å²) in [6, 6.07) is 0. The minimum absolute atomic E-state index is 0. The number of halogens is 1. The molecule has 82 valence electrons. The molecule has 0 fully saturated rings. The molecule has 0 spiro atoms. The van der Waals surface area contributed by atoms with Crippen molar-refractivity contribution in [3.8, 4) is 0 Å². The number of unbranched alkanes of at least 4 members (excludes halogenated alkanes) is 4. The van der Waals surface area contributed by atoms with Crippen LogP contribution in [-0.4, -0.2) is 25.4 Å². The monoisotopic (exact) mass is 215 g/mol. The van der Waals surface area contributed by atoms with E-state index >= 15 is 0 Å². The van der Waals surface area contributed by atoms with Crippen LogP contribution in [0.3, 0.4) is 0 Å². The smallest absolute Gasteiger partial charge is 0.264 e. The van der Waals surface area contributed by atoms with E-state index in [9.17, 15) is 12.8 Å². The van der Waals surface area contributed by atoms with Crippen molar-refractivity contribution >= 4 is 10.1 Å². The third-order valence-corrected chi connectivity index (χ3v) is 2.34. The van der Waals surface area contributed by atoms with E-state index in [4.69, 9.17) is 4.55 Å². The maximum absolute atomic E-state index is 11.6. The summed E-state index contributed by atoms with van der Waals surface area (Å²) in [4.78, 5) is 0. The van der Waals surface area contributed by atoms with Gasteiger partial charge in [-0.3, -0.25) is 8.94 Å². The molecule has 0 radical (unpaired) electrons. The number of hydrogen-bond donors (Lipinski definition) is 2. The van der Waals surface area contributed by atoms with Crippen molar-refractivity contribution in [2.75, 3.05) is 12.4 Å². The van der Waals surface area contributed by atoms with Gasteiger partial charge in [0.2, 0.25) is 0 Å². The number of alkyl halides is 1.